The highest BCUT2D eigenvalue weighted by Crippen LogP contribution is 2.26. The lowest BCUT2D eigenvalue weighted by Gasteiger charge is -2.25. The van der Waals surface area contributed by atoms with Gasteiger partial charge in [0.05, 0.1) is 6.61 Å². The highest BCUT2D eigenvalue weighted by atomic mass is 79.9. The second kappa shape index (κ2) is 8.36. The van der Waals surface area contributed by atoms with Gasteiger partial charge >= 0.3 is 0 Å². The number of amides is 1. The summed E-state index contributed by atoms with van der Waals surface area (Å²) in [6.45, 7) is 4.62. The Balaban J connectivity index is 2.08. The molecule has 1 fully saturated rings. The summed E-state index contributed by atoms with van der Waals surface area (Å²) in [6.07, 6.45) is 0.545. The van der Waals surface area contributed by atoms with E-state index in [0.717, 1.165) is 30.7 Å². The molecule has 2 N–H and O–H groups in total. The van der Waals surface area contributed by atoms with Gasteiger partial charge in [-0.3, -0.25) is 4.79 Å². The highest BCUT2D eigenvalue weighted by Gasteiger charge is 2.16. The zero-order chi connectivity index (χ0) is 15.1. The van der Waals surface area contributed by atoms with Crippen LogP contribution in [0, 0.1) is 0 Å². The number of carbonyl (C=O) groups excluding carboxylic acids is 1. The topological polar surface area (TPSA) is 53.6 Å². The number of rotatable bonds is 6. The van der Waals surface area contributed by atoms with Crippen LogP contribution in [0.5, 0.6) is 0 Å². The quantitative estimate of drug-likeness (QED) is 0.759. The van der Waals surface area contributed by atoms with Gasteiger partial charge in [-0.2, -0.15) is 0 Å². The zero-order valence-electron chi connectivity index (χ0n) is 12.3. The number of halogens is 1. The zero-order valence-corrected chi connectivity index (χ0v) is 13.9. The van der Waals surface area contributed by atoms with Crippen molar-refractivity contribution in [1.82, 2.24) is 10.6 Å². The Bertz CT molecular complexity index is 482. The summed E-state index contributed by atoms with van der Waals surface area (Å²) in [5.74, 6) is 0.132. The number of carbonyl (C=O) groups is 1. The van der Waals surface area contributed by atoms with Gasteiger partial charge in [0.2, 0.25) is 5.91 Å². The van der Waals surface area contributed by atoms with Gasteiger partial charge in [0.15, 0.2) is 0 Å². The van der Waals surface area contributed by atoms with Crippen LogP contribution in [0.3, 0.4) is 0 Å². The van der Waals surface area contributed by atoms with E-state index < -0.39 is 0 Å². The molecule has 0 aliphatic carbocycles. The summed E-state index contributed by atoms with van der Waals surface area (Å²) in [7, 11) is 1.70. The van der Waals surface area contributed by atoms with Gasteiger partial charge in [-0.15, -0.1) is 0 Å². The molecule has 1 aromatic rings. The minimum atomic E-state index is 0.132. The van der Waals surface area contributed by atoms with Crippen LogP contribution in [-0.4, -0.2) is 45.8 Å². The smallest absolute Gasteiger partial charge is 0.221 e. The molecule has 0 aromatic heterocycles. The van der Waals surface area contributed by atoms with Crippen molar-refractivity contribution >= 4 is 27.5 Å². The van der Waals surface area contributed by atoms with Crippen LogP contribution in [0.25, 0.3) is 0 Å². The summed E-state index contributed by atoms with van der Waals surface area (Å²) in [6, 6.07) is 6.31. The molecule has 6 heteroatoms. The van der Waals surface area contributed by atoms with Crippen LogP contribution < -0.4 is 15.5 Å². The summed E-state index contributed by atoms with van der Waals surface area (Å²) in [4.78, 5) is 13.8. The maximum absolute atomic E-state index is 11.5. The minimum Gasteiger partial charge on any atom is -0.383 e. The lowest BCUT2D eigenvalue weighted by Crippen LogP contribution is -2.30. The molecule has 0 saturated carbocycles. The molecule has 0 atom stereocenters. The molecule has 1 heterocycles. The third kappa shape index (κ3) is 4.98. The fourth-order valence-electron chi connectivity index (χ4n) is 2.39. The summed E-state index contributed by atoms with van der Waals surface area (Å²) in [5.41, 5.74) is 2.43. The molecule has 0 bridgehead atoms. The van der Waals surface area contributed by atoms with E-state index in [9.17, 15) is 4.79 Å². The Labute approximate surface area is 134 Å². The molecule has 116 valence electrons. The molecule has 1 aliphatic rings. The summed E-state index contributed by atoms with van der Waals surface area (Å²) >= 11 is 3.54. The molecular weight excluding hydrogens is 334 g/mol. The van der Waals surface area contributed by atoms with Crippen molar-refractivity contribution < 1.29 is 9.53 Å². The molecule has 1 saturated heterocycles. The van der Waals surface area contributed by atoms with Crippen LogP contribution in [0.15, 0.2) is 22.7 Å². The molecule has 0 radical (unpaired) electrons. The monoisotopic (exact) mass is 355 g/mol. The van der Waals surface area contributed by atoms with Gasteiger partial charge in [0.25, 0.3) is 0 Å². The third-order valence-corrected chi connectivity index (χ3v) is 3.99. The van der Waals surface area contributed by atoms with E-state index in [1.54, 1.807) is 7.11 Å². The van der Waals surface area contributed by atoms with Crippen LogP contribution in [0.4, 0.5) is 5.69 Å². The van der Waals surface area contributed by atoms with Crippen molar-refractivity contribution in [2.24, 2.45) is 0 Å². The lowest BCUT2D eigenvalue weighted by atomic mass is 10.1. The maximum atomic E-state index is 11.5. The van der Waals surface area contributed by atoms with E-state index in [1.807, 2.05) is 0 Å². The Morgan fingerprint density at radius 1 is 1.43 bits per heavy atom. The number of hydrogen-bond acceptors (Lipinski definition) is 4. The number of nitrogens with zero attached hydrogens (tertiary/aromatic N) is 1. The molecule has 1 aliphatic heterocycles. The highest BCUT2D eigenvalue weighted by molar-refractivity contribution is 9.10. The normalized spacial score (nSPS) is 15.7. The summed E-state index contributed by atoms with van der Waals surface area (Å²) < 4.78 is 6.10. The molecule has 0 spiro atoms. The number of nitrogens with one attached hydrogen (secondary N) is 2. The first-order valence-electron chi connectivity index (χ1n) is 7.20. The van der Waals surface area contributed by atoms with E-state index in [2.05, 4.69) is 49.7 Å². The van der Waals surface area contributed by atoms with Crippen molar-refractivity contribution in [2.75, 3.05) is 44.8 Å². The SMILES string of the molecule is COCCNCc1ccc(Br)cc1N1CCNC(=O)CC1. The molecule has 21 heavy (non-hydrogen) atoms. The van der Waals surface area contributed by atoms with Crippen molar-refractivity contribution in [3.63, 3.8) is 0 Å². The van der Waals surface area contributed by atoms with Gasteiger partial charge in [-0.25, -0.2) is 0 Å². The first-order valence-corrected chi connectivity index (χ1v) is 7.99. The largest absolute Gasteiger partial charge is 0.383 e. The summed E-state index contributed by atoms with van der Waals surface area (Å²) in [5, 5.41) is 6.29. The van der Waals surface area contributed by atoms with Crippen molar-refractivity contribution in [3.8, 4) is 0 Å². The molecule has 2 rings (SSSR count). The molecule has 0 unspecified atom stereocenters. The van der Waals surface area contributed by atoms with Crippen molar-refractivity contribution in [1.29, 1.82) is 0 Å². The molecule has 5 nitrogen and oxygen atoms in total. The fourth-order valence-corrected chi connectivity index (χ4v) is 2.74. The first kappa shape index (κ1) is 16.3. The average molecular weight is 356 g/mol. The number of ether oxygens (including phenoxy) is 1. The number of anilines is 1. The van der Waals surface area contributed by atoms with E-state index in [1.165, 1.54) is 11.3 Å². The van der Waals surface area contributed by atoms with Gasteiger partial charge in [-0.05, 0) is 17.7 Å². The Morgan fingerprint density at radius 3 is 3.10 bits per heavy atom. The van der Waals surface area contributed by atoms with Crippen molar-refractivity contribution in [2.45, 2.75) is 13.0 Å². The van der Waals surface area contributed by atoms with Crippen LogP contribution >= 0.6 is 15.9 Å². The van der Waals surface area contributed by atoms with Crippen molar-refractivity contribution in [3.05, 3.63) is 28.2 Å². The predicted molar refractivity (Wildman–Crippen MR) is 87.6 cm³/mol. The Kier molecular flexibility index (Phi) is 6.48. The van der Waals surface area contributed by atoms with E-state index in [4.69, 9.17) is 4.74 Å². The van der Waals surface area contributed by atoms with Crippen LogP contribution in [-0.2, 0) is 16.1 Å². The standard InChI is InChI=1S/C15H22BrN3O2/c1-21-9-6-17-11-12-2-3-13(16)10-14(12)19-7-4-15(20)18-5-8-19/h2-3,10,17H,4-9,11H2,1H3,(H,18,20). The van der Waals surface area contributed by atoms with Gasteiger partial charge in [-0.1, -0.05) is 22.0 Å². The average Bonchev–Trinajstić information content (AvgIpc) is 2.69. The third-order valence-electron chi connectivity index (χ3n) is 3.50. The predicted octanol–water partition coefficient (Wildman–Crippen LogP) is 1.51. The Hall–Kier alpha value is -1.11. The second-order valence-electron chi connectivity index (χ2n) is 5.03. The maximum Gasteiger partial charge on any atom is 0.221 e. The van der Waals surface area contributed by atoms with Crippen LogP contribution in [0.2, 0.25) is 0 Å². The number of benzene rings is 1. The molecule has 1 aromatic carbocycles. The molecular formula is C15H22BrN3O2. The molecule has 1 amide bonds. The minimum absolute atomic E-state index is 0.132. The van der Waals surface area contributed by atoms with Gasteiger partial charge in [0, 0.05) is 56.4 Å². The number of hydrogen-bond donors (Lipinski definition) is 2. The first-order chi connectivity index (χ1) is 10.2. The number of methoxy groups -OCH3 is 1. The van der Waals surface area contributed by atoms with E-state index in [-0.39, 0.29) is 5.91 Å². The van der Waals surface area contributed by atoms with E-state index >= 15 is 0 Å². The van der Waals surface area contributed by atoms with Gasteiger partial charge in [0.1, 0.15) is 0 Å². The van der Waals surface area contributed by atoms with Crippen LogP contribution in [0.1, 0.15) is 12.0 Å². The fraction of sp³-hybridized carbons (Fsp3) is 0.533. The van der Waals surface area contributed by atoms with E-state index in [0.29, 0.717) is 19.6 Å². The Morgan fingerprint density at radius 2 is 2.29 bits per heavy atom. The lowest BCUT2D eigenvalue weighted by molar-refractivity contribution is -0.120. The second-order valence-corrected chi connectivity index (χ2v) is 5.95. The van der Waals surface area contributed by atoms with Gasteiger partial charge < -0.3 is 20.3 Å².